The van der Waals surface area contributed by atoms with Crippen LogP contribution in [-0.4, -0.2) is 26.2 Å². The molecule has 0 bridgehead atoms. The van der Waals surface area contributed by atoms with Crippen molar-refractivity contribution in [2.75, 3.05) is 24.9 Å². The fourth-order valence-corrected chi connectivity index (χ4v) is 2.21. The second-order valence-corrected chi connectivity index (χ2v) is 5.29. The number of carbonyl (C=O) groups excluding carboxylic acids is 1. The van der Waals surface area contributed by atoms with E-state index in [2.05, 4.69) is 10.6 Å². The molecule has 5 nitrogen and oxygen atoms in total. The van der Waals surface area contributed by atoms with Crippen LogP contribution in [0, 0.1) is 6.92 Å². The summed E-state index contributed by atoms with van der Waals surface area (Å²) in [4.78, 5) is 12.3. The van der Waals surface area contributed by atoms with Crippen LogP contribution in [0.3, 0.4) is 0 Å². The van der Waals surface area contributed by atoms with E-state index in [4.69, 9.17) is 9.47 Å². The van der Waals surface area contributed by atoms with Crippen molar-refractivity contribution in [3.8, 4) is 11.5 Å². The Hall–Kier alpha value is -2.69. The second kappa shape index (κ2) is 7.54. The van der Waals surface area contributed by atoms with E-state index >= 15 is 0 Å². The Balaban J connectivity index is 2.03. The number of carbonyl (C=O) groups is 1. The number of methoxy groups -OCH3 is 2. The van der Waals surface area contributed by atoms with E-state index in [1.807, 2.05) is 44.2 Å². The average molecular weight is 314 g/mol. The molecule has 122 valence electrons. The van der Waals surface area contributed by atoms with Gasteiger partial charge in [-0.2, -0.15) is 0 Å². The highest BCUT2D eigenvalue weighted by molar-refractivity contribution is 5.96. The van der Waals surface area contributed by atoms with Gasteiger partial charge in [0.1, 0.15) is 6.04 Å². The Labute approximate surface area is 136 Å². The summed E-state index contributed by atoms with van der Waals surface area (Å²) >= 11 is 0. The number of hydrogen-bond donors (Lipinski definition) is 2. The first-order chi connectivity index (χ1) is 11.0. The van der Waals surface area contributed by atoms with Gasteiger partial charge in [-0.05, 0) is 43.7 Å². The molecule has 1 atom stereocenters. The monoisotopic (exact) mass is 314 g/mol. The number of ether oxygens (including phenoxy) is 2. The van der Waals surface area contributed by atoms with Gasteiger partial charge in [0, 0.05) is 17.4 Å². The van der Waals surface area contributed by atoms with Gasteiger partial charge in [-0.1, -0.05) is 12.1 Å². The molecule has 2 aromatic carbocycles. The van der Waals surface area contributed by atoms with Crippen LogP contribution < -0.4 is 20.1 Å². The third-order valence-corrected chi connectivity index (χ3v) is 3.45. The van der Waals surface area contributed by atoms with Gasteiger partial charge in [-0.25, -0.2) is 0 Å². The third kappa shape index (κ3) is 4.39. The van der Waals surface area contributed by atoms with Crippen molar-refractivity contribution in [3.63, 3.8) is 0 Å². The van der Waals surface area contributed by atoms with Crippen LogP contribution in [0.2, 0.25) is 0 Å². The van der Waals surface area contributed by atoms with E-state index in [1.165, 1.54) is 0 Å². The van der Waals surface area contributed by atoms with Crippen molar-refractivity contribution in [2.45, 2.75) is 19.9 Å². The zero-order chi connectivity index (χ0) is 16.8. The van der Waals surface area contributed by atoms with Crippen molar-refractivity contribution >= 4 is 17.3 Å². The Morgan fingerprint density at radius 1 is 1.00 bits per heavy atom. The summed E-state index contributed by atoms with van der Waals surface area (Å²) in [6, 6.07) is 12.8. The molecule has 2 rings (SSSR count). The molecule has 0 spiro atoms. The van der Waals surface area contributed by atoms with Gasteiger partial charge in [-0.15, -0.1) is 0 Å². The zero-order valence-corrected chi connectivity index (χ0v) is 13.8. The fourth-order valence-electron chi connectivity index (χ4n) is 2.21. The molecule has 0 aliphatic rings. The number of nitrogens with one attached hydrogen (secondary N) is 2. The summed E-state index contributed by atoms with van der Waals surface area (Å²) in [5, 5.41) is 6.05. The minimum atomic E-state index is -0.395. The predicted molar refractivity (Wildman–Crippen MR) is 92.4 cm³/mol. The summed E-state index contributed by atoms with van der Waals surface area (Å²) in [7, 11) is 3.17. The van der Waals surface area contributed by atoms with Crippen molar-refractivity contribution in [1.82, 2.24) is 0 Å². The van der Waals surface area contributed by atoms with Gasteiger partial charge < -0.3 is 20.1 Å². The van der Waals surface area contributed by atoms with Gasteiger partial charge in [0.15, 0.2) is 11.5 Å². The number of anilines is 2. The highest BCUT2D eigenvalue weighted by Gasteiger charge is 2.14. The first-order valence-corrected chi connectivity index (χ1v) is 7.39. The second-order valence-electron chi connectivity index (χ2n) is 5.29. The fraction of sp³-hybridized carbons (Fsp3) is 0.278. The minimum Gasteiger partial charge on any atom is -0.493 e. The highest BCUT2D eigenvalue weighted by Crippen LogP contribution is 2.30. The van der Waals surface area contributed by atoms with Gasteiger partial charge in [-0.3, -0.25) is 4.79 Å². The number of amides is 1. The molecular weight excluding hydrogens is 292 g/mol. The molecule has 23 heavy (non-hydrogen) atoms. The van der Waals surface area contributed by atoms with Crippen LogP contribution in [0.25, 0.3) is 0 Å². The number of benzene rings is 2. The van der Waals surface area contributed by atoms with Gasteiger partial charge in [0.25, 0.3) is 0 Å². The van der Waals surface area contributed by atoms with E-state index in [0.29, 0.717) is 11.5 Å². The largest absolute Gasteiger partial charge is 0.493 e. The molecule has 0 saturated heterocycles. The Bertz CT molecular complexity index is 686. The maximum atomic E-state index is 12.3. The standard InChI is InChI=1S/C18H22N2O3/c1-12-6-5-7-14(10-12)20-18(21)13(2)19-15-8-9-16(22-3)17(11-15)23-4/h5-11,13,19H,1-4H3,(H,20,21). The van der Waals surface area contributed by atoms with E-state index in [-0.39, 0.29) is 5.91 Å². The molecule has 2 N–H and O–H groups in total. The maximum Gasteiger partial charge on any atom is 0.246 e. The molecule has 1 unspecified atom stereocenters. The molecule has 0 aromatic heterocycles. The van der Waals surface area contributed by atoms with Gasteiger partial charge in [0.05, 0.1) is 14.2 Å². The summed E-state index contributed by atoms with van der Waals surface area (Å²) in [6.45, 7) is 3.79. The van der Waals surface area contributed by atoms with Crippen LogP contribution in [-0.2, 0) is 4.79 Å². The van der Waals surface area contributed by atoms with E-state index < -0.39 is 6.04 Å². The Kier molecular flexibility index (Phi) is 5.46. The summed E-state index contributed by atoms with van der Waals surface area (Å²) in [5.41, 5.74) is 2.67. The highest BCUT2D eigenvalue weighted by atomic mass is 16.5. The number of aryl methyl sites for hydroxylation is 1. The smallest absolute Gasteiger partial charge is 0.246 e. The predicted octanol–water partition coefficient (Wildman–Crippen LogP) is 3.45. The molecule has 0 heterocycles. The molecular formula is C18H22N2O3. The Morgan fingerprint density at radius 3 is 2.39 bits per heavy atom. The molecule has 0 saturated carbocycles. The van der Waals surface area contributed by atoms with Gasteiger partial charge in [0.2, 0.25) is 5.91 Å². The van der Waals surface area contributed by atoms with Crippen LogP contribution in [0.5, 0.6) is 11.5 Å². The third-order valence-electron chi connectivity index (χ3n) is 3.45. The van der Waals surface area contributed by atoms with E-state index in [1.54, 1.807) is 26.4 Å². The van der Waals surface area contributed by atoms with Crippen LogP contribution >= 0.6 is 0 Å². The lowest BCUT2D eigenvalue weighted by Crippen LogP contribution is -2.31. The Morgan fingerprint density at radius 2 is 1.74 bits per heavy atom. The maximum absolute atomic E-state index is 12.3. The van der Waals surface area contributed by atoms with Crippen LogP contribution in [0.1, 0.15) is 12.5 Å². The molecule has 0 radical (unpaired) electrons. The molecule has 2 aromatic rings. The quantitative estimate of drug-likeness (QED) is 0.857. The summed E-state index contributed by atoms with van der Waals surface area (Å²) < 4.78 is 10.5. The van der Waals surface area contributed by atoms with E-state index in [9.17, 15) is 4.79 Å². The van der Waals surface area contributed by atoms with Crippen LogP contribution in [0.4, 0.5) is 11.4 Å². The van der Waals surface area contributed by atoms with Crippen molar-refractivity contribution < 1.29 is 14.3 Å². The molecule has 0 aliphatic heterocycles. The van der Waals surface area contributed by atoms with Crippen molar-refractivity contribution in [2.24, 2.45) is 0 Å². The summed E-state index contributed by atoms with van der Waals surface area (Å²) in [6.07, 6.45) is 0. The van der Waals surface area contributed by atoms with Crippen molar-refractivity contribution in [1.29, 1.82) is 0 Å². The first-order valence-electron chi connectivity index (χ1n) is 7.39. The number of rotatable bonds is 6. The normalized spacial score (nSPS) is 11.5. The van der Waals surface area contributed by atoms with Crippen molar-refractivity contribution in [3.05, 3.63) is 48.0 Å². The lowest BCUT2D eigenvalue weighted by molar-refractivity contribution is -0.116. The lowest BCUT2D eigenvalue weighted by atomic mass is 10.2. The topological polar surface area (TPSA) is 59.6 Å². The molecule has 1 amide bonds. The summed E-state index contributed by atoms with van der Waals surface area (Å²) in [5.74, 6) is 1.16. The first kappa shape index (κ1) is 16.7. The lowest BCUT2D eigenvalue weighted by Gasteiger charge is -2.17. The van der Waals surface area contributed by atoms with Crippen LogP contribution in [0.15, 0.2) is 42.5 Å². The minimum absolute atomic E-state index is 0.106. The number of hydrogen-bond acceptors (Lipinski definition) is 4. The van der Waals surface area contributed by atoms with Gasteiger partial charge >= 0.3 is 0 Å². The molecule has 0 fully saturated rings. The van der Waals surface area contributed by atoms with E-state index in [0.717, 1.165) is 16.9 Å². The SMILES string of the molecule is COc1ccc(NC(C)C(=O)Nc2cccc(C)c2)cc1OC. The average Bonchev–Trinajstić information content (AvgIpc) is 2.54. The molecule has 5 heteroatoms. The zero-order valence-electron chi connectivity index (χ0n) is 13.8. The molecule has 0 aliphatic carbocycles.